The van der Waals surface area contributed by atoms with Crippen LogP contribution in [0.4, 0.5) is 0 Å². The topological polar surface area (TPSA) is 46.6 Å². The number of hydrogen-bond acceptors (Lipinski definition) is 3. The number of carbonyl (C=O) groups excluding carboxylic acids is 2. The molecule has 2 fully saturated rings. The van der Waals surface area contributed by atoms with Gasteiger partial charge in [0.2, 0.25) is 11.8 Å². The minimum atomic E-state index is -0.655. The molecule has 114 valence electrons. The van der Waals surface area contributed by atoms with E-state index in [0.717, 1.165) is 5.56 Å². The van der Waals surface area contributed by atoms with Crippen molar-refractivity contribution >= 4 is 11.8 Å². The number of benzene rings is 1. The summed E-state index contributed by atoms with van der Waals surface area (Å²) in [6.45, 7) is 5.72. The molecule has 0 aliphatic carbocycles. The zero-order valence-electron chi connectivity index (χ0n) is 12.9. The predicted molar refractivity (Wildman–Crippen MR) is 80.7 cm³/mol. The van der Waals surface area contributed by atoms with E-state index in [0.29, 0.717) is 0 Å². The molecule has 3 aliphatic rings. The van der Waals surface area contributed by atoms with Crippen LogP contribution in [0.5, 0.6) is 0 Å². The summed E-state index contributed by atoms with van der Waals surface area (Å²) in [5, 5.41) is 0. The van der Waals surface area contributed by atoms with Gasteiger partial charge in [-0.2, -0.15) is 0 Å². The quantitative estimate of drug-likeness (QED) is 0.622. The Balaban J connectivity index is 1.74. The van der Waals surface area contributed by atoms with Crippen LogP contribution in [0.15, 0.2) is 42.5 Å². The Labute approximate surface area is 129 Å². The van der Waals surface area contributed by atoms with E-state index in [1.807, 2.05) is 63.3 Å². The Morgan fingerprint density at radius 2 is 1.50 bits per heavy atom. The van der Waals surface area contributed by atoms with Crippen molar-refractivity contribution < 1.29 is 14.3 Å². The second-order valence-corrected chi connectivity index (χ2v) is 6.89. The highest BCUT2D eigenvalue weighted by molar-refractivity contribution is 6.08. The van der Waals surface area contributed by atoms with Crippen LogP contribution in [-0.2, 0) is 14.3 Å². The third-order valence-corrected chi connectivity index (χ3v) is 5.43. The average Bonchev–Trinajstić information content (AvgIpc) is 3.04. The van der Waals surface area contributed by atoms with Crippen molar-refractivity contribution in [2.45, 2.75) is 38.0 Å². The molecular formula is C18H19NO3. The second-order valence-electron chi connectivity index (χ2n) is 6.89. The highest BCUT2D eigenvalue weighted by atomic mass is 16.5. The molecule has 1 aromatic rings. The van der Waals surface area contributed by atoms with Crippen LogP contribution < -0.4 is 0 Å². The molecular weight excluding hydrogens is 278 g/mol. The number of amides is 2. The molecule has 2 saturated heterocycles. The molecule has 2 bridgehead atoms. The third-order valence-electron chi connectivity index (χ3n) is 5.43. The van der Waals surface area contributed by atoms with Crippen molar-refractivity contribution in [3.05, 3.63) is 48.0 Å². The molecule has 0 radical (unpaired) electrons. The first-order valence-corrected chi connectivity index (χ1v) is 7.70. The molecule has 0 aromatic heterocycles. The molecule has 2 amide bonds. The highest BCUT2D eigenvalue weighted by Crippen LogP contribution is 2.57. The van der Waals surface area contributed by atoms with Gasteiger partial charge < -0.3 is 4.74 Å². The number of rotatable bonds is 2. The standard InChI is InChI=1S/C18H19NO3/c1-11(12-7-5-4-6-8-12)19-15(20)13-14(16(19)21)18(3)10-9-17(13,2)22-18/h4-11,13-14H,1-3H3/t11-,13-,14+,17-,18-/m0/s1. The van der Waals surface area contributed by atoms with Gasteiger partial charge in [0.25, 0.3) is 0 Å². The minimum absolute atomic E-state index is 0.109. The van der Waals surface area contributed by atoms with Gasteiger partial charge in [-0.25, -0.2) is 0 Å². The summed E-state index contributed by atoms with van der Waals surface area (Å²) in [5.74, 6) is -1.02. The van der Waals surface area contributed by atoms with Crippen LogP contribution in [0.1, 0.15) is 32.4 Å². The van der Waals surface area contributed by atoms with Crippen LogP contribution >= 0.6 is 0 Å². The predicted octanol–water partition coefficient (Wildman–Crippen LogP) is 2.47. The Kier molecular flexibility index (Phi) is 2.54. The van der Waals surface area contributed by atoms with Crippen molar-refractivity contribution in [1.29, 1.82) is 0 Å². The van der Waals surface area contributed by atoms with Gasteiger partial charge in [-0.05, 0) is 26.3 Å². The van der Waals surface area contributed by atoms with Gasteiger partial charge in [-0.3, -0.25) is 14.5 Å². The fourth-order valence-corrected chi connectivity index (χ4v) is 4.32. The molecule has 4 heteroatoms. The molecule has 4 nitrogen and oxygen atoms in total. The smallest absolute Gasteiger partial charge is 0.237 e. The number of fused-ring (bicyclic) bond motifs is 5. The first-order chi connectivity index (χ1) is 10.4. The lowest BCUT2D eigenvalue weighted by Gasteiger charge is -2.29. The molecule has 3 aliphatic heterocycles. The molecule has 0 saturated carbocycles. The van der Waals surface area contributed by atoms with E-state index < -0.39 is 23.0 Å². The molecule has 0 N–H and O–H groups in total. The number of imide groups is 1. The number of hydrogen-bond donors (Lipinski definition) is 0. The maximum Gasteiger partial charge on any atom is 0.237 e. The fraction of sp³-hybridized carbons (Fsp3) is 0.444. The Hall–Kier alpha value is -1.94. The summed E-state index contributed by atoms with van der Waals surface area (Å²) in [7, 11) is 0. The monoisotopic (exact) mass is 297 g/mol. The summed E-state index contributed by atoms with van der Waals surface area (Å²) in [6.07, 6.45) is 3.88. The minimum Gasteiger partial charge on any atom is -0.359 e. The number of nitrogens with zero attached hydrogens (tertiary/aromatic N) is 1. The van der Waals surface area contributed by atoms with E-state index in [1.54, 1.807) is 0 Å². The molecule has 0 unspecified atom stereocenters. The zero-order chi connectivity index (χ0) is 15.7. The maximum absolute atomic E-state index is 12.9. The fourth-order valence-electron chi connectivity index (χ4n) is 4.32. The first kappa shape index (κ1) is 13.7. The van der Waals surface area contributed by atoms with Crippen molar-refractivity contribution in [3.8, 4) is 0 Å². The highest BCUT2D eigenvalue weighted by Gasteiger charge is 2.70. The van der Waals surface area contributed by atoms with Crippen LogP contribution in [0.2, 0.25) is 0 Å². The van der Waals surface area contributed by atoms with Crippen molar-refractivity contribution in [2.75, 3.05) is 0 Å². The Morgan fingerprint density at radius 1 is 1.00 bits per heavy atom. The first-order valence-electron chi connectivity index (χ1n) is 7.70. The van der Waals surface area contributed by atoms with E-state index in [4.69, 9.17) is 4.74 Å². The SMILES string of the molecule is C[C@@H](c1ccccc1)N1C(=O)[C@@H]2[C@H](C1=O)[C@]1(C)C=C[C@]2(C)O1. The summed E-state index contributed by atoms with van der Waals surface area (Å²) in [4.78, 5) is 27.3. The summed E-state index contributed by atoms with van der Waals surface area (Å²) in [5.41, 5.74) is -0.338. The van der Waals surface area contributed by atoms with Gasteiger partial charge in [0, 0.05) is 0 Å². The van der Waals surface area contributed by atoms with Gasteiger partial charge in [-0.15, -0.1) is 0 Å². The molecule has 3 heterocycles. The average molecular weight is 297 g/mol. The summed E-state index contributed by atoms with van der Waals surface area (Å²) < 4.78 is 6.01. The molecule has 5 atom stereocenters. The van der Waals surface area contributed by atoms with Gasteiger partial charge in [0.05, 0.1) is 29.1 Å². The van der Waals surface area contributed by atoms with E-state index in [9.17, 15) is 9.59 Å². The van der Waals surface area contributed by atoms with Gasteiger partial charge >= 0.3 is 0 Å². The number of ether oxygens (including phenoxy) is 1. The van der Waals surface area contributed by atoms with Crippen molar-refractivity contribution in [1.82, 2.24) is 4.90 Å². The summed E-state index contributed by atoms with van der Waals surface area (Å²) >= 11 is 0. The van der Waals surface area contributed by atoms with Gasteiger partial charge in [-0.1, -0.05) is 42.5 Å². The normalized spacial score (nSPS) is 40.4. The number of carbonyl (C=O) groups is 2. The second kappa shape index (κ2) is 4.07. The lowest BCUT2D eigenvalue weighted by atomic mass is 9.73. The Bertz CT molecular complexity index is 662. The summed E-state index contributed by atoms with van der Waals surface area (Å²) in [6, 6.07) is 9.43. The maximum atomic E-state index is 12.9. The Morgan fingerprint density at radius 3 is 2.00 bits per heavy atom. The lowest BCUT2D eigenvalue weighted by Crippen LogP contribution is -2.40. The van der Waals surface area contributed by atoms with Crippen LogP contribution in [0.25, 0.3) is 0 Å². The number of likely N-dealkylation sites (tertiary alicyclic amines) is 1. The van der Waals surface area contributed by atoms with Crippen LogP contribution in [0, 0.1) is 11.8 Å². The van der Waals surface area contributed by atoms with E-state index in [-0.39, 0.29) is 17.9 Å². The molecule has 1 aromatic carbocycles. The van der Waals surface area contributed by atoms with E-state index in [2.05, 4.69) is 0 Å². The van der Waals surface area contributed by atoms with Crippen molar-refractivity contribution in [2.24, 2.45) is 11.8 Å². The molecule has 4 rings (SSSR count). The largest absolute Gasteiger partial charge is 0.359 e. The van der Waals surface area contributed by atoms with Crippen LogP contribution in [-0.4, -0.2) is 27.9 Å². The van der Waals surface area contributed by atoms with Gasteiger partial charge in [0.15, 0.2) is 0 Å². The van der Waals surface area contributed by atoms with Gasteiger partial charge in [0.1, 0.15) is 0 Å². The van der Waals surface area contributed by atoms with E-state index >= 15 is 0 Å². The van der Waals surface area contributed by atoms with Crippen LogP contribution in [0.3, 0.4) is 0 Å². The third kappa shape index (κ3) is 1.51. The van der Waals surface area contributed by atoms with Crippen molar-refractivity contribution in [3.63, 3.8) is 0 Å². The van der Waals surface area contributed by atoms with E-state index in [1.165, 1.54) is 4.90 Å². The molecule has 0 spiro atoms. The lowest BCUT2D eigenvalue weighted by molar-refractivity contribution is -0.148. The zero-order valence-corrected chi connectivity index (χ0v) is 12.9. The molecule has 22 heavy (non-hydrogen) atoms.